The van der Waals surface area contributed by atoms with Gasteiger partial charge in [-0.25, -0.2) is 4.68 Å². The predicted octanol–water partition coefficient (Wildman–Crippen LogP) is 4.05. The monoisotopic (exact) mass is 276 g/mol. The fourth-order valence-corrected chi connectivity index (χ4v) is 2.15. The zero-order valence-corrected chi connectivity index (χ0v) is 11.8. The van der Waals surface area contributed by atoms with Gasteiger partial charge in [0, 0.05) is 24.0 Å². The quantitative estimate of drug-likeness (QED) is 0.672. The molecule has 3 heteroatoms. The second-order valence-electron chi connectivity index (χ2n) is 4.62. The van der Waals surface area contributed by atoms with Gasteiger partial charge in [-0.1, -0.05) is 42.5 Å². The largest absolute Gasteiger partial charge is 0.497 e. The van der Waals surface area contributed by atoms with Crippen LogP contribution >= 0.6 is 0 Å². The normalized spacial score (nSPS) is 10.9. The van der Waals surface area contributed by atoms with Crippen LogP contribution in [0.5, 0.6) is 5.75 Å². The van der Waals surface area contributed by atoms with Crippen LogP contribution in [0.4, 0.5) is 0 Å². The molecule has 0 N–H and O–H groups in total. The molecular formula is C18H16N2O. The molecule has 0 fully saturated rings. The maximum atomic E-state index is 5.31. The first-order chi connectivity index (χ1) is 10.4. The lowest BCUT2D eigenvalue weighted by molar-refractivity contribution is 0.414. The fraction of sp³-hybridized carbons (Fsp3) is 0.0556. The first-order valence-corrected chi connectivity index (χ1v) is 6.78. The van der Waals surface area contributed by atoms with E-state index in [9.17, 15) is 0 Å². The van der Waals surface area contributed by atoms with E-state index < -0.39 is 0 Å². The Hall–Kier alpha value is -2.81. The van der Waals surface area contributed by atoms with Crippen molar-refractivity contribution in [2.45, 2.75) is 0 Å². The molecule has 1 heterocycles. The molecular weight excluding hydrogens is 260 g/mol. The summed E-state index contributed by atoms with van der Waals surface area (Å²) in [4.78, 5) is 0. The van der Waals surface area contributed by atoms with Crippen molar-refractivity contribution in [3.05, 3.63) is 78.1 Å². The van der Waals surface area contributed by atoms with Crippen LogP contribution in [0.15, 0.2) is 67.0 Å². The molecule has 0 amide bonds. The summed E-state index contributed by atoms with van der Waals surface area (Å²) in [6.45, 7) is 0. The molecule has 104 valence electrons. The topological polar surface area (TPSA) is 27.1 Å². The third kappa shape index (κ3) is 3.03. The standard InChI is InChI=1S/C18H16N2O/c1-21-17-11-10-16(9-8-15-6-3-2-4-7-15)18(14-17)20-13-5-12-19-20/h2-14H,1H3/b9-8+. The van der Waals surface area contributed by atoms with E-state index in [1.165, 1.54) is 5.56 Å². The Morgan fingerprint density at radius 1 is 1.00 bits per heavy atom. The molecule has 0 aliphatic carbocycles. The summed E-state index contributed by atoms with van der Waals surface area (Å²) in [6, 6.07) is 18.1. The van der Waals surface area contributed by atoms with Gasteiger partial charge in [-0.05, 0) is 23.8 Å². The summed E-state index contributed by atoms with van der Waals surface area (Å²) in [6.07, 6.45) is 7.87. The predicted molar refractivity (Wildman–Crippen MR) is 85.5 cm³/mol. The van der Waals surface area contributed by atoms with Crippen molar-refractivity contribution in [3.63, 3.8) is 0 Å². The minimum absolute atomic E-state index is 0.817. The minimum Gasteiger partial charge on any atom is -0.497 e. The average molecular weight is 276 g/mol. The van der Waals surface area contributed by atoms with Gasteiger partial charge in [-0.2, -0.15) is 5.10 Å². The van der Waals surface area contributed by atoms with Gasteiger partial charge in [0.1, 0.15) is 5.75 Å². The van der Waals surface area contributed by atoms with Crippen molar-refractivity contribution in [1.29, 1.82) is 0 Å². The molecule has 0 saturated heterocycles. The molecule has 3 nitrogen and oxygen atoms in total. The van der Waals surface area contributed by atoms with Gasteiger partial charge in [0.25, 0.3) is 0 Å². The average Bonchev–Trinajstić information content (AvgIpc) is 3.08. The number of ether oxygens (including phenoxy) is 1. The van der Waals surface area contributed by atoms with Gasteiger partial charge in [0.05, 0.1) is 12.8 Å². The van der Waals surface area contributed by atoms with Crippen LogP contribution in [0.1, 0.15) is 11.1 Å². The lowest BCUT2D eigenvalue weighted by atomic mass is 10.1. The van der Waals surface area contributed by atoms with Gasteiger partial charge >= 0.3 is 0 Å². The molecule has 3 aromatic rings. The summed E-state index contributed by atoms with van der Waals surface area (Å²) >= 11 is 0. The first kappa shape index (κ1) is 13.2. The number of aromatic nitrogens is 2. The SMILES string of the molecule is COc1ccc(/C=C/c2ccccc2)c(-n2cccn2)c1. The van der Waals surface area contributed by atoms with Gasteiger partial charge in [0.2, 0.25) is 0 Å². The molecule has 0 bridgehead atoms. The van der Waals surface area contributed by atoms with Crippen LogP contribution < -0.4 is 4.74 Å². The summed E-state index contributed by atoms with van der Waals surface area (Å²) in [5.74, 6) is 0.817. The number of hydrogen-bond acceptors (Lipinski definition) is 2. The Labute approximate surface area is 124 Å². The molecule has 0 saturated carbocycles. The fourth-order valence-electron chi connectivity index (χ4n) is 2.15. The summed E-state index contributed by atoms with van der Waals surface area (Å²) in [5, 5.41) is 4.30. The second kappa shape index (κ2) is 6.09. The van der Waals surface area contributed by atoms with Gasteiger partial charge in [-0.15, -0.1) is 0 Å². The Kier molecular flexibility index (Phi) is 3.83. The van der Waals surface area contributed by atoms with E-state index in [1.54, 1.807) is 13.3 Å². The van der Waals surface area contributed by atoms with E-state index in [0.717, 1.165) is 17.0 Å². The third-order valence-electron chi connectivity index (χ3n) is 3.24. The molecule has 0 spiro atoms. The lowest BCUT2D eigenvalue weighted by Gasteiger charge is -2.09. The zero-order valence-electron chi connectivity index (χ0n) is 11.8. The van der Waals surface area contributed by atoms with Crippen LogP contribution in [-0.4, -0.2) is 16.9 Å². The molecule has 3 rings (SSSR count). The van der Waals surface area contributed by atoms with E-state index in [0.29, 0.717) is 0 Å². The molecule has 0 radical (unpaired) electrons. The van der Waals surface area contributed by atoms with E-state index in [-0.39, 0.29) is 0 Å². The number of methoxy groups -OCH3 is 1. The van der Waals surface area contributed by atoms with Crippen LogP contribution in [0.3, 0.4) is 0 Å². The van der Waals surface area contributed by atoms with Crippen LogP contribution in [-0.2, 0) is 0 Å². The van der Waals surface area contributed by atoms with Crippen molar-refractivity contribution in [3.8, 4) is 11.4 Å². The highest BCUT2D eigenvalue weighted by Gasteiger charge is 2.04. The van der Waals surface area contributed by atoms with Crippen molar-refractivity contribution < 1.29 is 4.74 Å². The molecule has 0 aliphatic heterocycles. The summed E-state index contributed by atoms with van der Waals surface area (Å²) < 4.78 is 7.15. The Morgan fingerprint density at radius 3 is 2.57 bits per heavy atom. The number of nitrogens with zero attached hydrogens (tertiary/aromatic N) is 2. The van der Waals surface area contributed by atoms with Gasteiger partial charge in [-0.3, -0.25) is 0 Å². The molecule has 21 heavy (non-hydrogen) atoms. The lowest BCUT2D eigenvalue weighted by Crippen LogP contribution is -1.98. The van der Waals surface area contributed by atoms with E-state index >= 15 is 0 Å². The maximum absolute atomic E-state index is 5.31. The second-order valence-corrected chi connectivity index (χ2v) is 4.62. The van der Waals surface area contributed by atoms with E-state index in [2.05, 4.69) is 29.4 Å². The maximum Gasteiger partial charge on any atom is 0.121 e. The van der Waals surface area contributed by atoms with Crippen molar-refractivity contribution in [2.75, 3.05) is 7.11 Å². The molecule has 0 unspecified atom stereocenters. The highest BCUT2D eigenvalue weighted by atomic mass is 16.5. The number of rotatable bonds is 4. The highest BCUT2D eigenvalue weighted by Crippen LogP contribution is 2.22. The third-order valence-corrected chi connectivity index (χ3v) is 3.24. The van der Waals surface area contributed by atoms with Gasteiger partial charge < -0.3 is 4.74 Å². The van der Waals surface area contributed by atoms with Crippen LogP contribution in [0.25, 0.3) is 17.8 Å². The van der Waals surface area contributed by atoms with Crippen molar-refractivity contribution in [1.82, 2.24) is 9.78 Å². The number of hydrogen-bond donors (Lipinski definition) is 0. The van der Waals surface area contributed by atoms with Crippen LogP contribution in [0, 0.1) is 0 Å². The molecule has 0 aliphatic rings. The Morgan fingerprint density at radius 2 is 1.86 bits per heavy atom. The smallest absolute Gasteiger partial charge is 0.121 e. The van der Waals surface area contributed by atoms with Gasteiger partial charge in [0.15, 0.2) is 0 Å². The number of benzene rings is 2. The molecule has 1 aromatic heterocycles. The first-order valence-electron chi connectivity index (χ1n) is 6.78. The highest BCUT2D eigenvalue weighted by molar-refractivity contribution is 5.74. The van der Waals surface area contributed by atoms with Crippen molar-refractivity contribution in [2.24, 2.45) is 0 Å². The zero-order chi connectivity index (χ0) is 14.5. The Balaban J connectivity index is 2.00. The Bertz CT molecular complexity index is 731. The van der Waals surface area contributed by atoms with Crippen molar-refractivity contribution >= 4 is 12.2 Å². The molecule has 2 aromatic carbocycles. The summed E-state index contributed by atoms with van der Waals surface area (Å²) in [7, 11) is 1.67. The summed E-state index contributed by atoms with van der Waals surface area (Å²) in [5.41, 5.74) is 3.25. The van der Waals surface area contributed by atoms with Crippen LogP contribution in [0.2, 0.25) is 0 Å². The van der Waals surface area contributed by atoms with E-state index in [4.69, 9.17) is 4.74 Å². The van der Waals surface area contributed by atoms with E-state index in [1.807, 2.05) is 53.3 Å². The molecule has 0 atom stereocenters. The minimum atomic E-state index is 0.817.